The Morgan fingerprint density at radius 2 is 1.93 bits per heavy atom. The average Bonchev–Trinajstić information content (AvgIpc) is 3.15. The summed E-state index contributed by atoms with van der Waals surface area (Å²) in [6.07, 6.45) is -1.31. The Bertz CT molecular complexity index is 951. The van der Waals surface area contributed by atoms with Crippen LogP contribution in [0.5, 0.6) is 11.8 Å². The summed E-state index contributed by atoms with van der Waals surface area (Å²) in [6.45, 7) is 0.626. The lowest BCUT2D eigenvalue weighted by Gasteiger charge is -2.14. The van der Waals surface area contributed by atoms with Crippen LogP contribution < -0.4 is 15.0 Å². The first-order chi connectivity index (χ1) is 12.9. The third-order valence-electron chi connectivity index (χ3n) is 3.45. The second kappa shape index (κ2) is 7.52. The van der Waals surface area contributed by atoms with Gasteiger partial charge in [0.05, 0.1) is 24.2 Å². The molecule has 0 spiro atoms. The van der Waals surface area contributed by atoms with E-state index in [4.69, 9.17) is 4.74 Å². The average molecular weight is 380 g/mol. The van der Waals surface area contributed by atoms with Gasteiger partial charge in [0, 0.05) is 17.8 Å². The van der Waals surface area contributed by atoms with E-state index < -0.39 is 18.3 Å². The lowest BCUT2D eigenvalue weighted by molar-refractivity contribution is -0.153. The Hall–Kier alpha value is -3.30. The van der Waals surface area contributed by atoms with E-state index in [9.17, 15) is 18.0 Å². The van der Waals surface area contributed by atoms with Crippen LogP contribution in [0.15, 0.2) is 47.5 Å². The van der Waals surface area contributed by atoms with Crippen molar-refractivity contribution in [2.24, 2.45) is 0 Å². The predicted molar refractivity (Wildman–Crippen MR) is 90.1 cm³/mol. The van der Waals surface area contributed by atoms with Gasteiger partial charge in [-0.15, -0.1) is 0 Å². The van der Waals surface area contributed by atoms with E-state index >= 15 is 0 Å². The Morgan fingerprint density at radius 3 is 2.52 bits per heavy atom. The second-order valence-corrected chi connectivity index (χ2v) is 5.42. The van der Waals surface area contributed by atoms with Gasteiger partial charge in [0.2, 0.25) is 0 Å². The van der Waals surface area contributed by atoms with E-state index in [0.29, 0.717) is 16.9 Å². The first kappa shape index (κ1) is 18.5. The van der Waals surface area contributed by atoms with Crippen molar-refractivity contribution in [3.05, 3.63) is 53.1 Å². The van der Waals surface area contributed by atoms with Gasteiger partial charge < -0.3 is 9.47 Å². The summed E-state index contributed by atoms with van der Waals surface area (Å²) in [5, 5.41) is 6.46. The maximum atomic E-state index is 12.6. The Morgan fingerprint density at radius 1 is 1.19 bits per heavy atom. The molecule has 0 atom stereocenters. The van der Waals surface area contributed by atoms with Crippen molar-refractivity contribution < 1.29 is 22.6 Å². The smallest absolute Gasteiger partial charge is 0.422 e. The van der Waals surface area contributed by atoms with Crippen LogP contribution in [-0.4, -0.2) is 39.1 Å². The minimum Gasteiger partial charge on any atom is -0.484 e. The van der Waals surface area contributed by atoms with Gasteiger partial charge in [-0.3, -0.25) is 9.89 Å². The fourth-order valence-electron chi connectivity index (χ4n) is 2.32. The normalized spacial score (nSPS) is 11.4. The molecule has 0 unspecified atom stereocenters. The first-order valence-corrected chi connectivity index (χ1v) is 7.93. The highest BCUT2D eigenvalue weighted by molar-refractivity contribution is 5.57. The van der Waals surface area contributed by atoms with E-state index in [1.807, 2.05) is 0 Å². The van der Waals surface area contributed by atoms with Crippen LogP contribution in [0, 0.1) is 0 Å². The molecule has 0 saturated heterocycles. The lowest BCUT2D eigenvalue weighted by atomic mass is 10.2. The van der Waals surface area contributed by atoms with Crippen molar-refractivity contribution in [3.8, 4) is 28.7 Å². The van der Waals surface area contributed by atoms with Gasteiger partial charge in [-0.1, -0.05) is 0 Å². The molecule has 27 heavy (non-hydrogen) atoms. The van der Waals surface area contributed by atoms with E-state index in [1.165, 1.54) is 41.1 Å². The highest BCUT2D eigenvalue weighted by Gasteiger charge is 2.28. The molecule has 142 valence electrons. The number of hydrogen-bond donors (Lipinski definition) is 1. The minimum absolute atomic E-state index is 0.0325. The second-order valence-electron chi connectivity index (χ2n) is 5.42. The fraction of sp³-hybridized carbons (Fsp3) is 0.235. The molecule has 0 fully saturated rings. The number of alkyl halides is 3. The number of aromatic nitrogens is 4. The van der Waals surface area contributed by atoms with Gasteiger partial charge in [-0.05, 0) is 31.2 Å². The maximum absolute atomic E-state index is 12.6. The zero-order valence-corrected chi connectivity index (χ0v) is 14.2. The molecule has 2 aromatic heterocycles. The van der Waals surface area contributed by atoms with Crippen LogP contribution in [0.1, 0.15) is 6.92 Å². The number of hydrogen-bond acceptors (Lipinski definition) is 5. The Balaban J connectivity index is 1.94. The topological polar surface area (TPSA) is 82.0 Å². The monoisotopic (exact) mass is 380 g/mol. The molecule has 7 nitrogen and oxygen atoms in total. The molecule has 3 aromatic rings. The summed E-state index contributed by atoms with van der Waals surface area (Å²) in [5.41, 5.74) is 0.984. The molecule has 0 radical (unpaired) electrons. The number of rotatable bonds is 6. The van der Waals surface area contributed by atoms with Crippen molar-refractivity contribution in [2.45, 2.75) is 13.1 Å². The van der Waals surface area contributed by atoms with Crippen LogP contribution in [0.4, 0.5) is 13.2 Å². The van der Waals surface area contributed by atoms with Gasteiger partial charge >= 0.3 is 12.2 Å². The standard InChI is InChI=1S/C17H15F3N4O3/c1-2-26-16-23-14(11-8-21-22-9-11)7-15(25)24(16)12-3-5-13(6-4-12)27-10-17(18,19)20/h3-9H,2,10H2,1H3,(H,21,22). The first-order valence-electron chi connectivity index (χ1n) is 7.93. The van der Waals surface area contributed by atoms with Crippen LogP contribution >= 0.6 is 0 Å². The van der Waals surface area contributed by atoms with E-state index in [0.717, 1.165) is 0 Å². The summed E-state index contributed by atoms with van der Waals surface area (Å²) < 4.78 is 48.1. The highest BCUT2D eigenvalue weighted by atomic mass is 19.4. The van der Waals surface area contributed by atoms with Crippen molar-refractivity contribution in [1.82, 2.24) is 19.7 Å². The SMILES string of the molecule is CCOc1nc(-c2cn[nH]c2)cc(=O)n1-c1ccc(OCC(F)(F)F)cc1. The number of aromatic amines is 1. The lowest BCUT2D eigenvalue weighted by Crippen LogP contribution is -2.22. The molecule has 0 bridgehead atoms. The van der Waals surface area contributed by atoms with Crippen LogP contribution in [-0.2, 0) is 0 Å². The van der Waals surface area contributed by atoms with Crippen LogP contribution in [0.25, 0.3) is 16.9 Å². The van der Waals surface area contributed by atoms with Gasteiger partial charge in [0.1, 0.15) is 5.75 Å². The molecule has 10 heteroatoms. The maximum Gasteiger partial charge on any atom is 0.422 e. The summed E-state index contributed by atoms with van der Waals surface area (Å²) in [5.74, 6) is 0.0325. The third kappa shape index (κ3) is 4.46. The van der Waals surface area contributed by atoms with Gasteiger partial charge in [-0.2, -0.15) is 23.3 Å². The van der Waals surface area contributed by atoms with Crippen molar-refractivity contribution in [3.63, 3.8) is 0 Å². The highest BCUT2D eigenvalue weighted by Crippen LogP contribution is 2.23. The van der Waals surface area contributed by atoms with E-state index in [1.54, 1.807) is 13.1 Å². The molecule has 0 aliphatic rings. The number of benzene rings is 1. The molecule has 0 aliphatic heterocycles. The number of nitrogens with one attached hydrogen (secondary N) is 1. The molecule has 0 amide bonds. The van der Waals surface area contributed by atoms with Crippen molar-refractivity contribution in [1.29, 1.82) is 0 Å². The molecule has 1 N–H and O–H groups in total. The summed E-state index contributed by atoms with van der Waals surface area (Å²) in [6, 6.07) is 6.97. The van der Waals surface area contributed by atoms with Crippen molar-refractivity contribution in [2.75, 3.05) is 13.2 Å². The zero-order chi connectivity index (χ0) is 19.4. The quantitative estimate of drug-likeness (QED) is 0.711. The van der Waals surface area contributed by atoms with Crippen LogP contribution in [0.2, 0.25) is 0 Å². The summed E-state index contributed by atoms with van der Waals surface area (Å²) in [7, 11) is 0. The van der Waals surface area contributed by atoms with E-state index in [-0.39, 0.29) is 18.4 Å². The third-order valence-corrected chi connectivity index (χ3v) is 3.45. The predicted octanol–water partition coefficient (Wildman–Crippen LogP) is 2.96. The molecular formula is C17H15F3N4O3. The molecule has 2 heterocycles. The summed E-state index contributed by atoms with van der Waals surface area (Å²) >= 11 is 0. The number of ether oxygens (including phenoxy) is 2. The van der Waals surface area contributed by atoms with Crippen LogP contribution in [0.3, 0.4) is 0 Å². The van der Waals surface area contributed by atoms with Gasteiger partial charge in [-0.25, -0.2) is 4.57 Å². The molecular weight excluding hydrogens is 365 g/mol. The van der Waals surface area contributed by atoms with Gasteiger partial charge in [0.25, 0.3) is 5.56 Å². The van der Waals surface area contributed by atoms with E-state index in [2.05, 4.69) is 19.9 Å². The summed E-state index contributed by atoms with van der Waals surface area (Å²) in [4.78, 5) is 16.9. The Kier molecular flexibility index (Phi) is 5.15. The fourth-order valence-corrected chi connectivity index (χ4v) is 2.32. The number of H-pyrrole nitrogens is 1. The molecule has 0 aliphatic carbocycles. The molecule has 1 aromatic carbocycles. The van der Waals surface area contributed by atoms with Gasteiger partial charge in [0.15, 0.2) is 6.61 Å². The number of nitrogens with zero attached hydrogens (tertiary/aromatic N) is 3. The van der Waals surface area contributed by atoms with Crippen molar-refractivity contribution >= 4 is 0 Å². The molecule has 0 saturated carbocycles. The minimum atomic E-state index is -4.43. The zero-order valence-electron chi connectivity index (χ0n) is 14.2. The Labute approximate surface area is 151 Å². The largest absolute Gasteiger partial charge is 0.484 e. The number of halogens is 3. The molecule has 3 rings (SSSR count).